The Kier molecular flexibility index (Phi) is 3.69. The largest absolute Gasteiger partial charge is 0.447 e. The van der Waals surface area contributed by atoms with Gasteiger partial charge in [-0.3, -0.25) is 4.90 Å². The van der Waals surface area contributed by atoms with E-state index in [0.717, 1.165) is 32.1 Å². The number of carbonyl (C=O) groups is 1. The van der Waals surface area contributed by atoms with E-state index in [1.165, 1.54) is 0 Å². The molecule has 3 atom stereocenters. The highest BCUT2D eigenvalue weighted by molar-refractivity contribution is 5.70. The van der Waals surface area contributed by atoms with E-state index < -0.39 is 0 Å². The number of amides is 1. The number of piperidine rings is 1. The molecule has 0 radical (unpaired) electrons. The lowest BCUT2D eigenvalue weighted by molar-refractivity contribution is 0.0776. The highest BCUT2D eigenvalue weighted by Gasteiger charge is 2.40. The third kappa shape index (κ3) is 2.32. The van der Waals surface area contributed by atoms with Crippen LogP contribution < -0.4 is 0 Å². The van der Waals surface area contributed by atoms with Crippen LogP contribution in [0.5, 0.6) is 0 Å². The molecular formula is C12H21NO3. The summed E-state index contributed by atoms with van der Waals surface area (Å²) in [7, 11) is 0. The molecule has 0 aliphatic carbocycles. The van der Waals surface area contributed by atoms with E-state index >= 15 is 0 Å². The highest BCUT2D eigenvalue weighted by Crippen LogP contribution is 2.30. The smallest absolute Gasteiger partial charge is 0.410 e. The van der Waals surface area contributed by atoms with Gasteiger partial charge in [0.25, 0.3) is 0 Å². The predicted octanol–water partition coefficient (Wildman–Crippen LogP) is 1.91. The third-order valence-electron chi connectivity index (χ3n) is 3.64. The number of carbonyl (C=O) groups excluding carboxylic acids is 1. The molecule has 4 nitrogen and oxygen atoms in total. The summed E-state index contributed by atoms with van der Waals surface area (Å²) in [6, 6.07) is 0.454. The molecule has 2 saturated heterocycles. The maximum atomic E-state index is 11.6. The van der Waals surface area contributed by atoms with Gasteiger partial charge in [0.05, 0.1) is 12.1 Å². The van der Waals surface area contributed by atoms with Crippen molar-refractivity contribution in [2.24, 2.45) is 0 Å². The SMILES string of the molecule is CCC[C@@H](O)C[C@@H]1CCC[C@H]2COC(=O)N21. The molecule has 2 aliphatic heterocycles. The number of aliphatic hydroxyl groups excluding tert-OH is 1. The number of fused-ring (bicyclic) bond motifs is 1. The average molecular weight is 227 g/mol. The number of hydrogen-bond acceptors (Lipinski definition) is 3. The van der Waals surface area contributed by atoms with Gasteiger partial charge in [-0.2, -0.15) is 0 Å². The van der Waals surface area contributed by atoms with Crippen LogP contribution in [0.25, 0.3) is 0 Å². The minimum Gasteiger partial charge on any atom is -0.447 e. The van der Waals surface area contributed by atoms with Gasteiger partial charge in [0.1, 0.15) is 6.61 Å². The summed E-state index contributed by atoms with van der Waals surface area (Å²) in [6.07, 6.45) is 5.26. The zero-order valence-electron chi connectivity index (χ0n) is 9.89. The molecule has 2 heterocycles. The summed E-state index contributed by atoms with van der Waals surface area (Å²) in [5.74, 6) is 0. The van der Waals surface area contributed by atoms with Crippen LogP contribution in [-0.4, -0.2) is 40.9 Å². The minimum atomic E-state index is -0.276. The first-order chi connectivity index (χ1) is 7.72. The molecule has 2 rings (SSSR count). The van der Waals surface area contributed by atoms with Crippen LogP contribution in [0.3, 0.4) is 0 Å². The lowest BCUT2D eigenvalue weighted by Gasteiger charge is -2.36. The van der Waals surface area contributed by atoms with Gasteiger partial charge in [0, 0.05) is 6.04 Å². The second-order valence-corrected chi connectivity index (χ2v) is 4.90. The summed E-state index contributed by atoms with van der Waals surface area (Å²) in [6.45, 7) is 2.61. The molecule has 1 N–H and O–H groups in total. The fourth-order valence-electron chi connectivity index (χ4n) is 2.87. The molecule has 1 amide bonds. The van der Waals surface area contributed by atoms with E-state index in [-0.39, 0.29) is 24.3 Å². The first-order valence-electron chi connectivity index (χ1n) is 6.35. The molecular weight excluding hydrogens is 206 g/mol. The van der Waals surface area contributed by atoms with Gasteiger partial charge in [0.2, 0.25) is 0 Å². The molecule has 0 bridgehead atoms. The normalized spacial score (nSPS) is 31.1. The van der Waals surface area contributed by atoms with Crippen molar-refractivity contribution in [3.8, 4) is 0 Å². The van der Waals surface area contributed by atoms with Gasteiger partial charge >= 0.3 is 6.09 Å². The Balaban J connectivity index is 1.94. The van der Waals surface area contributed by atoms with Gasteiger partial charge in [-0.15, -0.1) is 0 Å². The van der Waals surface area contributed by atoms with Crippen LogP contribution in [0.15, 0.2) is 0 Å². The van der Waals surface area contributed by atoms with Crippen LogP contribution in [0, 0.1) is 0 Å². The van der Waals surface area contributed by atoms with Crippen molar-refractivity contribution in [1.82, 2.24) is 4.90 Å². The predicted molar refractivity (Wildman–Crippen MR) is 60.1 cm³/mol. The summed E-state index contributed by atoms with van der Waals surface area (Å²) in [5.41, 5.74) is 0. The fourth-order valence-corrected chi connectivity index (χ4v) is 2.87. The zero-order chi connectivity index (χ0) is 11.5. The number of cyclic esters (lactones) is 1. The summed E-state index contributed by atoms with van der Waals surface area (Å²) < 4.78 is 5.08. The van der Waals surface area contributed by atoms with Gasteiger partial charge in [-0.25, -0.2) is 4.79 Å². The monoisotopic (exact) mass is 227 g/mol. The summed E-state index contributed by atoms with van der Waals surface area (Å²) in [4.78, 5) is 13.4. The van der Waals surface area contributed by atoms with Crippen LogP contribution >= 0.6 is 0 Å². The Morgan fingerprint density at radius 2 is 2.38 bits per heavy atom. The van der Waals surface area contributed by atoms with Crippen molar-refractivity contribution < 1.29 is 14.6 Å². The first-order valence-corrected chi connectivity index (χ1v) is 6.35. The Labute approximate surface area is 96.6 Å². The number of rotatable bonds is 4. The Morgan fingerprint density at radius 3 is 3.12 bits per heavy atom. The van der Waals surface area contributed by atoms with Crippen molar-refractivity contribution in [3.63, 3.8) is 0 Å². The molecule has 16 heavy (non-hydrogen) atoms. The van der Waals surface area contributed by atoms with Crippen molar-refractivity contribution in [2.45, 2.75) is 63.6 Å². The third-order valence-corrected chi connectivity index (χ3v) is 3.64. The quantitative estimate of drug-likeness (QED) is 0.798. The summed E-state index contributed by atoms with van der Waals surface area (Å²) in [5, 5.41) is 9.83. The molecule has 0 aromatic carbocycles. The van der Waals surface area contributed by atoms with Crippen molar-refractivity contribution in [1.29, 1.82) is 0 Å². The van der Waals surface area contributed by atoms with Crippen LogP contribution in [0.1, 0.15) is 45.4 Å². The van der Waals surface area contributed by atoms with Gasteiger partial charge in [0.15, 0.2) is 0 Å². The van der Waals surface area contributed by atoms with Crippen LogP contribution in [0.4, 0.5) is 4.79 Å². The molecule has 2 fully saturated rings. The van der Waals surface area contributed by atoms with Crippen molar-refractivity contribution in [2.75, 3.05) is 6.61 Å². The molecule has 0 aromatic rings. The molecule has 0 aromatic heterocycles. The number of nitrogens with zero attached hydrogens (tertiary/aromatic N) is 1. The standard InChI is InChI=1S/C12H21NO3/c1-2-4-11(14)7-9-5-3-6-10-8-16-12(15)13(9)10/h9-11,14H,2-8H2,1H3/t9-,10-,11+/m0/s1. The Bertz CT molecular complexity index is 257. The average Bonchev–Trinajstić information content (AvgIpc) is 2.62. The van der Waals surface area contributed by atoms with E-state index in [0.29, 0.717) is 13.0 Å². The van der Waals surface area contributed by atoms with Crippen molar-refractivity contribution in [3.05, 3.63) is 0 Å². The van der Waals surface area contributed by atoms with Gasteiger partial charge in [-0.1, -0.05) is 13.3 Å². The zero-order valence-corrected chi connectivity index (χ0v) is 9.89. The van der Waals surface area contributed by atoms with Gasteiger partial charge in [-0.05, 0) is 32.1 Å². The lowest BCUT2D eigenvalue weighted by Crippen LogP contribution is -2.46. The second-order valence-electron chi connectivity index (χ2n) is 4.90. The fraction of sp³-hybridized carbons (Fsp3) is 0.917. The molecule has 0 spiro atoms. The van der Waals surface area contributed by atoms with E-state index in [1.807, 2.05) is 4.90 Å². The van der Waals surface area contributed by atoms with Crippen molar-refractivity contribution >= 4 is 6.09 Å². The maximum absolute atomic E-state index is 11.6. The molecule has 92 valence electrons. The lowest BCUT2D eigenvalue weighted by atomic mass is 9.92. The maximum Gasteiger partial charge on any atom is 0.410 e. The molecule has 2 aliphatic rings. The van der Waals surface area contributed by atoms with Gasteiger partial charge < -0.3 is 9.84 Å². The van der Waals surface area contributed by atoms with E-state index in [2.05, 4.69) is 6.92 Å². The summed E-state index contributed by atoms with van der Waals surface area (Å²) >= 11 is 0. The first kappa shape index (κ1) is 11.7. The van der Waals surface area contributed by atoms with E-state index in [9.17, 15) is 9.90 Å². The highest BCUT2D eigenvalue weighted by atomic mass is 16.6. The van der Waals surface area contributed by atoms with Crippen LogP contribution in [-0.2, 0) is 4.74 Å². The van der Waals surface area contributed by atoms with Crippen LogP contribution in [0.2, 0.25) is 0 Å². The number of hydrogen-bond donors (Lipinski definition) is 1. The number of aliphatic hydroxyl groups is 1. The van der Waals surface area contributed by atoms with E-state index in [1.54, 1.807) is 0 Å². The molecule has 0 unspecified atom stereocenters. The topological polar surface area (TPSA) is 49.8 Å². The molecule has 4 heteroatoms. The minimum absolute atomic E-state index is 0.182. The Morgan fingerprint density at radius 1 is 1.56 bits per heavy atom. The second kappa shape index (κ2) is 5.04. The Hall–Kier alpha value is -0.770. The number of ether oxygens (including phenoxy) is 1. The van der Waals surface area contributed by atoms with E-state index in [4.69, 9.17) is 4.74 Å². The molecule has 0 saturated carbocycles.